The minimum absolute atomic E-state index is 0.150. The number of hydrogen-bond donors (Lipinski definition) is 0. The van der Waals surface area contributed by atoms with Gasteiger partial charge in [-0.15, -0.1) is 0 Å². The predicted octanol–water partition coefficient (Wildman–Crippen LogP) is 3.80. The molecule has 2 heterocycles. The Morgan fingerprint density at radius 1 is 1.27 bits per heavy atom. The van der Waals surface area contributed by atoms with Crippen LogP contribution in [-0.2, 0) is 6.42 Å². The monoisotopic (exact) mass is 314 g/mol. The van der Waals surface area contributed by atoms with Gasteiger partial charge in [-0.3, -0.25) is 9.78 Å². The molecule has 5 heteroatoms. The van der Waals surface area contributed by atoms with Gasteiger partial charge in [-0.1, -0.05) is 17.7 Å². The van der Waals surface area contributed by atoms with Crippen LogP contribution in [0.15, 0.2) is 53.1 Å². The molecule has 4 nitrogen and oxygen atoms in total. The van der Waals surface area contributed by atoms with Crippen molar-refractivity contribution in [1.82, 2.24) is 9.88 Å². The highest BCUT2D eigenvalue weighted by molar-refractivity contribution is 6.31. The maximum Gasteiger partial charge on any atom is 0.289 e. The molecule has 112 valence electrons. The summed E-state index contributed by atoms with van der Waals surface area (Å²) in [5.41, 5.74) is 1.62. The Hall–Kier alpha value is -2.33. The van der Waals surface area contributed by atoms with Crippen LogP contribution in [-0.4, -0.2) is 29.4 Å². The fraction of sp³-hybridized carbons (Fsp3) is 0.176. The largest absolute Gasteiger partial charge is 0.451 e. The molecule has 0 aliphatic heterocycles. The zero-order chi connectivity index (χ0) is 15.5. The van der Waals surface area contributed by atoms with Gasteiger partial charge in [-0.25, -0.2) is 0 Å². The highest BCUT2D eigenvalue weighted by Crippen LogP contribution is 2.23. The number of halogens is 1. The Morgan fingerprint density at radius 3 is 2.91 bits per heavy atom. The second kappa shape index (κ2) is 6.20. The summed E-state index contributed by atoms with van der Waals surface area (Å²) in [7, 11) is 1.76. The van der Waals surface area contributed by atoms with Gasteiger partial charge in [0.15, 0.2) is 5.76 Å². The third kappa shape index (κ3) is 3.12. The van der Waals surface area contributed by atoms with Crippen molar-refractivity contribution in [3.63, 3.8) is 0 Å². The molecular formula is C17H15ClN2O2. The average Bonchev–Trinajstić information content (AvgIpc) is 2.95. The maximum absolute atomic E-state index is 12.4. The van der Waals surface area contributed by atoms with E-state index in [-0.39, 0.29) is 5.91 Å². The number of likely N-dealkylation sites (N-methyl/N-ethyl adjacent to an activating group) is 1. The van der Waals surface area contributed by atoms with E-state index in [9.17, 15) is 4.79 Å². The number of fused-ring (bicyclic) bond motifs is 1. The normalized spacial score (nSPS) is 10.8. The number of carbonyl (C=O) groups is 1. The lowest BCUT2D eigenvalue weighted by Gasteiger charge is -2.15. The quantitative estimate of drug-likeness (QED) is 0.736. The lowest BCUT2D eigenvalue weighted by atomic mass is 10.2. The summed E-state index contributed by atoms with van der Waals surface area (Å²) in [6.45, 7) is 0.577. The van der Waals surface area contributed by atoms with Crippen molar-refractivity contribution in [3.8, 4) is 0 Å². The first-order chi connectivity index (χ1) is 10.6. The fourth-order valence-corrected chi connectivity index (χ4v) is 2.42. The molecule has 0 saturated heterocycles. The van der Waals surface area contributed by atoms with E-state index in [1.807, 2.05) is 18.2 Å². The van der Waals surface area contributed by atoms with Crippen LogP contribution in [0.2, 0.25) is 5.02 Å². The Labute approximate surface area is 133 Å². The van der Waals surface area contributed by atoms with E-state index in [0.717, 1.165) is 11.1 Å². The van der Waals surface area contributed by atoms with E-state index in [0.29, 0.717) is 29.3 Å². The van der Waals surface area contributed by atoms with Crippen LogP contribution >= 0.6 is 11.6 Å². The molecule has 2 aromatic heterocycles. The number of furan rings is 1. The number of carbonyl (C=O) groups excluding carboxylic acids is 1. The number of rotatable bonds is 4. The molecule has 0 radical (unpaired) electrons. The zero-order valence-corrected chi connectivity index (χ0v) is 12.9. The van der Waals surface area contributed by atoms with Crippen molar-refractivity contribution in [3.05, 3.63) is 65.1 Å². The predicted molar refractivity (Wildman–Crippen MR) is 86.1 cm³/mol. The van der Waals surface area contributed by atoms with Crippen LogP contribution in [0.25, 0.3) is 11.0 Å². The van der Waals surface area contributed by atoms with Crippen LogP contribution in [0.1, 0.15) is 16.2 Å². The summed E-state index contributed by atoms with van der Waals surface area (Å²) in [5.74, 6) is 0.170. The highest BCUT2D eigenvalue weighted by Gasteiger charge is 2.16. The molecule has 3 aromatic rings. The van der Waals surface area contributed by atoms with Gasteiger partial charge >= 0.3 is 0 Å². The second-order valence-electron chi connectivity index (χ2n) is 5.09. The van der Waals surface area contributed by atoms with Crippen molar-refractivity contribution in [1.29, 1.82) is 0 Å². The van der Waals surface area contributed by atoms with E-state index >= 15 is 0 Å². The molecule has 1 amide bonds. The van der Waals surface area contributed by atoms with Crippen LogP contribution in [0, 0.1) is 0 Å². The van der Waals surface area contributed by atoms with Crippen LogP contribution < -0.4 is 0 Å². The maximum atomic E-state index is 12.4. The lowest BCUT2D eigenvalue weighted by Crippen LogP contribution is -2.28. The fourth-order valence-electron chi connectivity index (χ4n) is 2.24. The third-order valence-corrected chi connectivity index (χ3v) is 3.70. The number of nitrogens with zero attached hydrogens (tertiary/aromatic N) is 2. The van der Waals surface area contributed by atoms with Gasteiger partial charge < -0.3 is 9.32 Å². The molecule has 0 atom stereocenters. The van der Waals surface area contributed by atoms with Crippen molar-refractivity contribution in [2.24, 2.45) is 0 Å². The molecule has 0 aliphatic rings. The Kier molecular flexibility index (Phi) is 4.11. The molecule has 0 fully saturated rings. The Balaban J connectivity index is 1.71. The number of hydrogen-bond acceptors (Lipinski definition) is 3. The smallest absolute Gasteiger partial charge is 0.289 e. The van der Waals surface area contributed by atoms with E-state index < -0.39 is 0 Å². The van der Waals surface area contributed by atoms with Crippen LogP contribution in [0.5, 0.6) is 0 Å². The number of amides is 1. The van der Waals surface area contributed by atoms with E-state index in [2.05, 4.69) is 4.98 Å². The number of benzene rings is 1. The summed E-state index contributed by atoms with van der Waals surface area (Å²) in [5, 5.41) is 1.45. The van der Waals surface area contributed by atoms with Crippen molar-refractivity contribution in [2.45, 2.75) is 6.42 Å². The summed E-state index contributed by atoms with van der Waals surface area (Å²) in [4.78, 5) is 18.3. The Bertz CT molecular complexity index is 799. The van der Waals surface area contributed by atoms with Gasteiger partial charge in [0.05, 0.1) is 0 Å². The first-order valence-electron chi connectivity index (χ1n) is 6.98. The molecule has 0 unspecified atom stereocenters. The van der Waals surface area contributed by atoms with E-state index in [4.69, 9.17) is 16.0 Å². The molecule has 0 N–H and O–H groups in total. The standard InChI is InChI=1S/C17H15ClN2O2/c1-20(9-7-14-4-2-3-8-19-14)17(21)16-11-12-10-13(18)5-6-15(12)22-16/h2-6,8,10-11H,7,9H2,1H3. The summed E-state index contributed by atoms with van der Waals surface area (Å²) < 4.78 is 5.59. The minimum Gasteiger partial charge on any atom is -0.451 e. The molecular weight excluding hydrogens is 300 g/mol. The number of aromatic nitrogens is 1. The van der Waals surface area contributed by atoms with Crippen molar-refractivity contribution in [2.75, 3.05) is 13.6 Å². The highest BCUT2D eigenvalue weighted by atomic mass is 35.5. The van der Waals surface area contributed by atoms with Gasteiger partial charge in [0.2, 0.25) is 0 Å². The molecule has 3 rings (SSSR count). The van der Waals surface area contributed by atoms with E-state index in [1.54, 1.807) is 42.4 Å². The van der Waals surface area contributed by atoms with Crippen molar-refractivity contribution < 1.29 is 9.21 Å². The molecule has 1 aromatic carbocycles. The Morgan fingerprint density at radius 2 is 2.14 bits per heavy atom. The van der Waals surface area contributed by atoms with Gasteiger partial charge in [0, 0.05) is 42.3 Å². The van der Waals surface area contributed by atoms with Crippen LogP contribution in [0.3, 0.4) is 0 Å². The number of pyridine rings is 1. The van der Waals surface area contributed by atoms with Gasteiger partial charge in [-0.2, -0.15) is 0 Å². The lowest BCUT2D eigenvalue weighted by molar-refractivity contribution is 0.0767. The van der Waals surface area contributed by atoms with Gasteiger partial charge in [0.1, 0.15) is 5.58 Å². The topological polar surface area (TPSA) is 46.3 Å². The van der Waals surface area contributed by atoms with Crippen LogP contribution in [0.4, 0.5) is 0 Å². The third-order valence-electron chi connectivity index (χ3n) is 3.47. The summed E-state index contributed by atoms with van der Waals surface area (Å²) in [6.07, 6.45) is 2.45. The molecule has 22 heavy (non-hydrogen) atoms. The molecule has 0 bridgehead atoms. The minimum atomic E-state index is -0.150. The first kappa shape index (κ1) is 14.6. The van der Waals surface area contributed by atoms with Gasteiger partial charge in [0.25, 0.3) is 5.91 Å². The van der Waals surface area contributed by atoms with Crippen molar-refractivity contribution >= 4 is 28.5 Å². The summed E-state index contributed by atoms with van der Waals surface area (Å²) in [6, 6.07) is 12.8. The second-order valence-corrected chi connectivity index (χ2v) is 5.53. The molecule has 0 saturated carbocycles. The zero-order valence-electron chi connectivity index (χ0n) is 12.1. The SMILES string of the molecule is CN(CCc1ccccn1)C(=O)c1cc2cc(Cl)ccc2o1. The first-order valence-corrected chi connectivity index (χ1v) is 7.36. The summed E-state index contributed by atoms with van der Waals surface area (Å²) >= 11 is 5.94. The van der Waals surface area contributed by atoms with Gasteiger partial charge in [-0.05, 0) is 36.4 Å². The van der Waals surface area contributed by atoms with E-state index in [1.165, 1.54) is 0 Å². The molecule has 0 aliphatic carbocycles. The molecule has 0 spiro atoms. The average molecular weight is 315 g/mol.